The van der Waals surface area contributed by atoms with Gasteiger partial charge in [-0.05, 0) is 54.6 Å². The largest absolute Gasteiger partial charge is 0.418 e. The minimum atomic E-state index is -4.60. The van der Waals surface area contributed by atoms with Gasteiger partial charge in [0, 0.05) is 32.5 Å². The van der Waals surface area contributed by atoms with E-state index in [0.717, 1.165) is 41.7 Å². The van der Waals surface area contributed by atoms with Crippen LogP contribution in [0.15, 0.2) is 53.8 Å². The van der Waals surface area contributed by atoms with Gasteiger partial charge in [-0.2, -0.15) is 13.2 Å². The molecule has 0 unspecified atom stereocenters. The summed E-state index contributed by atoms with van der Waals surface area (Å²) in [6.45, 7) is 4.98. The van der Waals surface area contributed by atoms with Gasteiger partial charge in [0.1, 0.15) is 17.6 Å². The highest BCUT2D eigenvalue weighted by Crippen LogP contribution is 2.39. The van der Waals surface area contributed by atoms with Crippen LogP contribution in [0.25, 0.3) is 11.2 Å². The molecule has 4 aromatic rings. The number of hydrogen-bond acceptors (Lipinski definition) is 5. The maximum Gasteiger partial charge on any atom is 0.418 e. The minimum absolute atomic E-state index is 0.168. The number of alkyl halides is 3. The van der Waals surface area contributed by atoms with Crippen LogP contribution in [0.3, 0.4) is 0 Å². The predicted octanol–water partition coefficient (Wildman–Crippen LogP) is 3.79. The lowest BCUT2D eigenvalue weighted by molar-refractivity contribution is -0.136. The molecule has 200 valence electrons. The third kappa shape index (κ3) is 4.14. The topological polar surface area (TPSA) is 69.6 Å². The summed E-state index contributed by atoms with van der Waals surface area (Å²) < 4.78 is 52.3. The van der Waals surface area contributed by atoms with Crippen molar-refractivity contribution >= 4 is 5.52 Å². The summed E-state index contributed by atoms with van der Waals surface area (Å²) in [6.07, 6.45) is 1.98. The van der Waals surface area contributed by atoms with Crippen LogP contribution >= 0.6 is 0 Å². The summed E-state index contributed by atoms with van der Waals surface area (Å²) in [6, 6.07) is 8.44. The highest BCUT2D eigenvalue weighted by Gasteiger charge is 2.46. The molecule has 2 fully saturated rings. The Bertz CT molecular complexity index is 1550. The van der Waals surface area contributed by atoms with Gasteiger partial charge in [-0.3, -0.25) is 13.9 Å². The van der Waals surface area contributed by atoms with Crippen LogP contribution in [-0.2, 0) is 29.9 Å². The Morgan fingerprint density at radius 3 is 2.66 bits per heavy atom. The van der Waals surface area contributed by atoms with Gasteiger partial charge in [-0.25, -0.2) is 4.79 Å². The van der Waals surface area contributed by atoms with E-state index in [9.17, 15) is 18.0 Å². The summed E-state index contributed by atoms with van der Waals surface area (Å²) >= 11 is 0. The molecule has 1 atom stereocenters. The number of hydrogen-bond donors (Lipinski definition) is 0. The number of pyridine rings is 1. The molecule has 0 amide bonds. The summed E-state index contributed by atoms with van der Waals surface area (Å²) in [5.74, 6) is 1.22. The van der Waals surface area contributed by atoms with Crippen molar-refractivity contribution in [2.24, 2.45) is 13.0 Å². The van der Waals surface area contributed by atoms with Crippen molar-refractivity contribution in [2.45, 2.75) is 37.9 Å². The fraction of sp³-hybridized carbons (Fsp3) is 0.444. The predicted molar refractivity (Wildman–Crippen MR) is 134 cm³/mol. The number of imidazole rings is 1. The molecule has 8 nitrogen and oxygen atoms in total. The first kappa shape index (κ1) is 24.9. The number of aromatic nitrogens is 5. The Morgan fingerprint density at radius 1 is 1.18 bits per heavy atom. The average Bonchev–Trinajstić information content (AvgIpc) is 3.41. The van der Waals surface area contributed by atoms with Crippen LogP contribution in [0.4, 0.5) is 13.2 Å². The number of benzene rings is 1. The third-order valence-electron chi connectivity index (χ3n) is 7.79. The summed E-state index contributed by atoms with van der Waals surface area (Å²) in [7, 11) is 1.85. The smallest absolute Gasteiger partial charge is 0.378 e. The normalized spacial score (nSPS) is 20.1. The van der Waals surface area contributed by atoms with E-state index in [1.54, 1.807) is 24.7 Å². The molecule has 5 heterocycles. The van der Waals surface area contributed by atoms with Crippen LogP contribution in [0, 0.1) is 5.92 Å². The van der Waals surface area contributed by atoms with Crippen molar-refractivity contribution in [1.82, 2.24) is 28.6 Å². The number of ether oxygens (including phenoxy) is 1. The molecule has 0 N–H and O–H groups in total. The molecule has 0 aliphatic carbocycles. The zero-order chi connectivity index (χ0) is 26.7. The van der Waals surface area contributed by atoms with E-state index in [4.69, 9.17) is 4.74 Å². The maximum atomic E-state index is 14.2. The number of likely N-dealkylation sites (tertiary alicyclic amines) is 1. The third-order valence-corrected chi connectivity index (χ3v) is 7.79. The SMILES string of the molecule is C[C@H]1CCCN(Cc2cc(C(F)(F)F)c3cn(-c4cccc(C5(c6nncn6C)COC5)c4)c(=O)n3c2)C1. The monoisotopic (exact) mass is 526 g/mol. The Kier molecular flexibility index (Phi) is 5.95. The Hall–Kier alpha value is -3.44. The highest BCUT2D eigenvalue weighted by molar-refractivity contribution is 5.58. The number of halogens is 3. The van der Waals surface area contributed by atoms with Crippen LogP contribution < -0.4 is 5.69 Å². The fourth-order valence-electron chi connectivity index (χ4n) is 5.83. The molecule has 0 spiro atoms. The lowest BCUT2D eigenvalue weighted by Crippen LogP contribution is -2.49. The lowest BCUT2D eigenvalue weighted by atomic mass is 9.77. The first-order valence-corrected chi connectivity index (χ1v) is 12.7. The molecule has 0 bridgehead atoms. The van der Waals surface area contributed by atoms with E-state index in [-0.39, 0.29) is 5.52 Å². The summed E-state index contributed by atoms with van der Waals surface area (Å²) in [5.41, 5.74) is -0.261. The molecule has 0 saturated carbocycles. The van der Waals surface area contributed by atoms with Gasteiger partial charge in [0.25, 0.3) is 0 Å². The molecule has 2 aliphatic heterocycles. The average molecular weight is 527 g/mol. The quantitative estimate of drug-likeness (QED) is 0.396. The van der Waals surface area contributed by atoms with E-state index >= 15 is 0 Å². The van der Waals surface area contributed by atoms with Gasteiger partial charge in [-0.15, -0.1) is 10.2 Å². The second-order valence-corrected chi connectivity index (χ2v) is 10.7. The number of fused-ring (bicyclic) bond motifs is 1. The molecular weight excluding hydrogens is 497 g/mol. The molecule has 2 aliphatic rings. The molecule has 0 radical (unpaired) electrons. The highest BCUT2D eigenvalue weighted by atomic mass is 19.4. The number of piperidine rings is 1. The summed E-state index contributed by atoms with van der Waals surface area (Å²) in [4.78, 5) is 15.7. The second kappa shape index (κ2) is 9.09. The van der Waals surface area contributed by atoms with Crippen molar-refractivity contribution in [1.29, 1.82) is 0 Å². The zero-order valence-corrected chi connectivity index (χ0v) is 21.3. The van der Waals surface area contributed by atoms with E-state index < -0.39 is 22.8 Å². The second-order valence-electron chi connectivity index (χ2n) is 10.7. The number of nitrogens with zero attached hydrogens (tertiary/aromatic N) is 6. The van der Waals surface area contributed by atoms with Crippen molar-refractivity contribution in [2.75, 3.05) is 26.3 Å². The Labute approximate surface area is 217 Å². The van der Waals surface area contributed by atoms with Crippen LogP contribution in [-0.4, -0.2) is 54.9 Å². The van der Waals surface area contributed by atoms with Gasteiger partial charge in [-0.1, -0.05) is 19.1 Å². The van der Waals surface area contributed by atoms with Crippen molar-refractivity contribution in [3.63, 3.8) is 0 Å². The Balaban J connectivity index is 1.44. The van der Waals surface area contributed by atoms with Gasteiger partial charge >= 0.3 is 11.9 Å². The van der Waals surface area contributed by atoms with Crippen molar-refractivity contribution in [3.05, 3.63) is 82.1 Å². The van der Waals surface area contributed by atoms with Crippen LogP contribution in [0.2, 0.25) is 0 Å². The minimum Gasteiger partial charge on any atom is -0.378 e. The molecule has 1 aromatic carbocycles. The number of rotatable bonds is 5. The summed E-state index contributed by atoms with van der Waals surface area (Å²) in [5, 5.41) is 8.27. The first-order valence-electron chi connectivity index (χ1n) is 12.7. The Morgan fingerprint density at radius 2 is 2.00 bits per heavy atom. The first-order chi connectivity index (χ1) is 18.2. The standard InChI is InChI=1S/C27H29F3N6O2/c1-18-5-4-8-34(11-18)12-19-9-22(27(28,29)30)23-14-35(25(37)36(23)13-19)21-7-3-6-20(10-21)26(15-38-16-26)24-32-31-17-33(24)2/h3,6-7,9-10,13-14,17-18H,4-5,8,11-12,15-16H2,1-2H3/t18-/m0/s1. The van der Waals surface area contributed by atoms with Gasteiger partial charge in [0.15, 0.2) is 0 Å². The van der Waals surface area contributed by atoms with Gasteiger partial charge in [0.05, 0.1) is 30.0 Å². The molecule has 38 heavy (non-hydrogen) atoms. The molecule has 6 rings (SSSR count). The van der Waals surface area contributed by atoms with Gasteiger partial charge in [0.2, 0.25) is 0 Å². The molecular formula is C27H29F3N6O2. The molecule has 11 heteroatoms. The van der Waals surface area contributed by atoms with E-state index in [2.05, 4.69) is 22.0 Å². The van der Waals surface area contributed by atoms with Crippen molar-refractivity contribution < 1.29 is 17.9 Å². The zero-order valence-electron chi connectivity index (χ0n) is 21.3. The van der Waals surface area contributed by atoms with Gasteiger partial charge < -0.3 is 9.30 Å². The maximum absolute atomic E-state index is 14.2. The van der Waals surface area contributed by atoms with E-state index in [1.807, 2.05) is 23.7 Å². The van der Waals surface area contributed by atoms with E-state index in [0.29, 0.717) is 36.9 Å². The number of aryl methyl sites for hydroxylation is 1. The van der Waals surface area contributed by atoms with Crippen LogP contribution in [0.1, 0.15) is 42.3 Å². The van der Waals surface area contributed by atoms with Crippen LogP contribution in [0.5, 0.6) is 0 Å². The van der Waals surface area contributed by atoms with Crippen molar-refractivity contribution in [3.8, 4) is 5.69 Å². The molecule has 2 saturated heterocycles. The fourth-order valence-corrected chi connectivity index (χ4v) is 5.83. The van der Waals surface area contributed by atoms with E-state index in [1.165, 1.54) is 16.8 Å². The lowest BCUT2D eigenvalue weighted by Gasteiger charge is -2.40. The molecule has 3 aromatic heterocycles.